The Labute approximate surface area is 145 Å². The van der Waals surface area contributed by atoms with Crippen molar-refractivity contribution in [1.29, 1.82) is 0 Å². The van der Waals surface area contributed by atoms with Gasteiger partial charge in [0.05, 0.1) is 11.5 Å². The molecule has 1 unspecified atom stereocenters. The zero-order chi connectivity index (χ0) is 17.7. The minimum Gasteiger partial charge on any atom is -0.383 e. The second-order valence-corrected chi connectivity index (χ2v) is 7.74. The fraction of sp³-hybridized carbons (Fsp3) is 0.571. The van der Waals surface area contributed by atoms with Crippen molar-refractivity contribution in [3.63, 3.8) is 0 Å². The van der Waals surface area contributed by atoms with Gasteiger partial charge in [-0.1, -0.05) is 11.6 Å². The minimum absolute atomic E-state index is 0.131. The van der Waals surface area contributed by atoms with Crippen LogP contribution in [0.15, 0.2) is 23.1 Å². The van der Waals surface area contributed by atoms with Gasteiger partial charge in [-0.3, -0.25) is 15.0 Å². The molecule has 0 spiro atoms. The summed E-state index contributed by atoms with van der Waals surface area (Å²) in [5.41, 5.74) is -0.487. The third-order valence-electron chi connectivity index (χ3n) is 3.85. The first-order chi connectivity index (χ1) is 11.3. The maximum absolute atomic E-state index is 12.6. The molecule has 1 aliphatic heterocycles. The Morgan fingerprint density at radius 3 is 2.92 bits per heavy atom. The number of rotatable bonds is 7. The van der Waals surface area contributed by atoms with E-state index in [-0.39, 0.29) is 11.1 Å². The molecule has 1 N–H and O–H groups in total. The average Bonchev–Trinajstić information content (AvgIpc) is 2.52. The number of ether oxygens (including phenoxy) is 1. The van der Waals surface area contributed by atoms with E-state index in [2.05, 4.69) is 9.62 Å². The molecule has 0 bridgehead atoms. The van der Waals surface area contributed by atoms with Gasteiger partial charge in [0.25, 0.3) is 5.69 Å². The third-order valence-corrected chi connectivity index (χ3v) is 5.63. The molecule has 1 aromatic carbocycles. The number of methoxy groups -OCH3 is 1. The zero-order valence-electron chi connectivity index (χ0n) is 13.3. The Hall–Kier alpha value is -1.26. The number of likely N-dealkylation sites (tertiary alicyclic amines) is 1. The molecular weight excluding hydrogens is 358 g/mol. The predicted molar refractivity (Wildman–Crippen MR) is 89.8 cm³/mol. The Morgan fingerprint density at radius 2 is 2.25 bits per heavy atom. The number of nitro benzene ring substituents is 1. The van der Waals surface area contributed by atoms with Crippen LogP contribution in [0, 0.1) is 10.1 Å². The average molecular weight is 378 g/mol. The van der Waals surface area contributed by atoms with Crippen LogP contribution in [0.3, 0.4) is 0 Å². The van der Waals surface area contributed by atoms with E-state index >= 15 is 0 Å². The summed E-state index contributed by atoms with van der Waals surface area (Å²) in [6, 6.07) is 3.20. The molecule has 2 rings (SSSR count). The first kappa shape index (κ1) is 19.1. The van der Waals surface area contributed by atoms with Crippen molar-refractivity contribution in [2.45, 2.75) is 23.8 Å². The van der Waals surface area contributed by atoms with Gasteiger partial charge < -0.3 is 4.74 Å². The van der Waals surface area contributed by atoms with Crippen LogP contribution < -0.4 is 4.72 Å². The molecule has 1 aromatic rings. The number of benzene rings is 1. The fourth-order valence-electron chi connectivity index (χ4n) is 2.71. The Kier molecular flexibility index (Phi) is 6.53. The molecular formula is C14H20ClN3O5S. The lowest BCUT2D eigenvalue weighted by Crippen LogP contribution is -2.48. The molecule has 1 heterocycles. The Balaban J connectivity index is 2.16. The SMILES string of the molecule is COCCN1CCCC(NS(=O)(=O)c2cc(Cl)ccc2[N+](=O)[O-])C1. The highest BCUT2D eigenvalue weighted by Gasteiger charge is 2.30. The summed E-state index contributed by atoms with van der Waals surface area (Å²) in [4.78, 5) is 12.1. The molecule has 0 aliphatic carbocycles. The highest BCUT2D eigenvalue weighted by Crippen LogP contribution is 2.27. The van der Waals surface area contributed by atoms with Crippen LogP contribution >= 0.6 is 11.6 Å². The Morgan fingerprint density at radius 1 is 1.50 bits per heavy atom. The molecule has 1 aliphatic rings. The third kappa shape index (κ3) is 4.87. The fourth-order valence-corrected chi connectivity index (χ4v) is 4.41. The van der Waals surface area contributed by atoms with Gasteiger partial charge in [-0.2, -0.15) is 0 Å². The van der Waals surface area contributed by atoms with Gasteiger partial charge >= 0.3 is 0 Å². The number of nitrogens with zero attached hydrogens (tertiary/aromatic N) is 2. The van der Waals surface area contributed by atoms with Crippen LogP contribution in [-0.4, -0.2) is 57.6 Å². The van der Waals surface area contributed by atoms with Crippen molar-refractivity contribution in [1.82, 2.24) is 9.62 Å². The molecule has 0 saturated carbocycles. The molecule has 1 saturated heterocycles. The minimum atomic E-state index is -4.04. The maximum atomic E-state index is 12.6. The summed E-state index contributed by atoms with van der Waals surface area (Å²) >= 11 is 5.81. The number of sulfonamides is 1. The lowest BCUT2D eigenvalue weighted by molar-refractivity contribution is -0.387. The second kappa shape index (κ2) is 8.21. The molecule has 134 valence electrons. The summed E-state index contributed by atoms with van der Waals surface area (Å²) in [7, 11) is -2.42. The van der Waals surface area contributed by atoms with Crippen molar-refractivity contribution in [2.24, 2.45) is 0 Å². The van der Waals surface area contributed by atoms with E-state index in [1.165, 1.54) is 6.07 Å². The number of hydrogen-bond acceptors (Lipinski definition) is 6. The summed E-state index contributed by atoms with van der Waals surface area (Å²) in [6.07, 6.45) is 1.52. The molecule has 1 atom stereocenters. The number of nitrogens with one attached hydrogen (secondary N) is 1. The molecule has 0 radical (unpaired) electrons. The quantitative estimate of drug-likeness (QED) is 0.572. The summed E-state index contributed by atoms with van der Waals surface area (Å²) in [5.74, 6) is 0. The molecule has 24 heavy (non-hydrogen) atoms. The largest absolute Gasteiger partial charge is 0.383 e. The van der Waals surface area contributed by atoms with E-state index in [4.69, 9.17) is 16.3 Å². The van der Waals surface area contributed by atoms with Crippen molar-refractivity contribution in [3.05, 3.63) is 33.3 Å². The second-order valence-electron chi connectivity index (χ2n) is 5.62. The highest BCUT2D eigenvalue weighted by atomic mass is 35.5. The summed E-state index contributed by atoms with van der Waals surface area (Å²) < 4.78 is 32.8. The number of halogens is 1. The lowest BCUT2D eigenvalue weighted by Gasteiger charge is -2.32. The van der Waals surface area contributed by atoms with Crippen molar-refractivity contribution < 1.29 is 18.1 Å². The van der Waals surface area contributed by atoms with Crippen molar-refractivity contribution in [2.75, 3.05) is 33.4 Å². The van der Waals surface area contributed by atoms with E-state index in [0.717, 1.165) is 25.1 Å². The van der Waals surface area contributed by atoms with Gasteiger partial charge in [-0.15, -0.1) is 0 Å². The van der Waals surface area contributed by atoms with E-state index < -0.39 is 25.5 Å². The number of nitro groups is 1. The van der Waals surface area contributed by atoms with Gasteiger partial charge in [0.1, 0.15) is 0 Å². The predicted octanol–water partition coefficient (Wildman–Crippen LogP) is 1.64. The monoisotopic (exact) mass is 377 g/mol. The smallest absolute Gasteiger partial charge is 0.289 e. The standard InChI is InChI=1S/C14H20ClN3O5S/c1-23-8-7-17-6-2-3-12(10-17)16-24(21,22)14-9-11(15)4-5-13(14)18(19)20/h4-5,9,12,16H,2-3,6-8,10H2,1H3. The van der Waals surface area contributed by atoms with Crippen LogP contribution in [0.5, 0.6) is 0 Å². The number of piperidine rings is 1. The van der Waals surface area contributed by atoms with Gasteiger partial charge in [-0.25, -0.2) is 13.1 Å². The molecule has 0 amide bonds. The van der Waals surface area contributed by atoms with Gasteiger partial charge in [0.15, 0.2) is 4.90 Å². The zero-order valence-corrected chi connectivity index (χ0v) is 14.8. The molecule has 10 heteroatoms. The lowest BCUT2D eigenvalue weighted by atomic mass is 10.1. The summed E-state index contributed by atoms with van der Waals surface area (Å²) in [5, 5.41) is 11.2. The highest BCUT2D eigenvalue weighted by molar-refractivity contribution is 7.89. The van der Waals surface area contributed by atoms with Crippen LogP contribution in [0.4, 0.5) is 5.69 Å². The molecule has 8 nitrogen and oxygen atoms in total. The van der Waals surface area contributed by atoms with E-state index in [0.29, 0.717) is 26.1 Å². The van der Waals surface area contributed by atoms with Gasteiger partial charge in [0.2, 0.25) is 10.0 Å². The molecule has 0 aromatic heterocycles. The van der Waals surface area contributed by atoms with Crippen LogP contribution in [0.25, 0.3) is 0 Å². The van der Waals surface area contributed by atoms with Crippen molar-refractivity contribution in [3.8, 4) is 0 Å². The Bertz CT molecular complexity index is 698. The van der Waals surface area contributed by atoms with E-state index in [9.17, 15) is 18.5 Å². The van der Waals surface area contributed by atoms with Gasteiger partial charge in [0, 0.05) is 37.3 Å². The molecule has 1 fully saturated rings. The number of hydrogen-bond donors (Lipinski definition) is 1. The maximum Gasteiger partial charge on any atom is 0.289 e. The van der Waals surface area contributed by atoms with E-state index in [1.54, 1.807) is 7.11 Å². The van der Waals surface area contributed by atoms with Gasteiger partial charge in [-0.05, 0) is 31.5 Å². The first-order valence-electron chi connectivity index (χ1n) is 7.51. The van der Waals surface area contributed by atoms with Crippen LogP contribution in [-0.2, 0) is 14.8 Å². The van der Waals surface area contributed by atoms with Crippen LogP contribution in [0.2, 0.25) is 5.02 Å². The normalized spacial score (nSPS) is 19.3. The summed E-state index contributed by atoms with van der Waals surface area (Å²) in [6.45, 7) is 2.70. The topological polar surface area (TPSA) is 102 Å². The van der Waals surface area contributed by atoms with Crippen LogP contribution in [0.1, 0.15) is 12.8 Å². The van der Waals surface area contributed by atoms with Crippen molar-refractivity contribution >= 4 is 27.3 Å². The first-order valence-corrected chi connectivity index (χ1v) is 9.37. The van der Waals surface area contributed by atoms with E-state index in [1.807, 2.05) is 0 Å².